The zero-order chi connectivity index (χ0) is 14.9. The molecule has 1 aromatic rings. The van der Waals surface area contributed by atoms with Gasteiger partial charge in [-0.25, -0.2) is 9.97 Å². The van der Waals surface area contributed by atoms with E-state index < -0.39 is 0 Å². The standard InChI is InChI=1S/C15H25ClN4/c1-10(2)14-17-13(16)12(5)15(18-14)20-8-6-19(7-9-20)11(3)4/h10-11H,6-9H2,1-5H3. The first-order chi connectivity index (χ1) is 9.40. The molecule has 1 saturated heterocycles. The lowest BCUT2D eigenvalue weighted by molar-refractivity contribution is 0.209. The van der Waals surface area contributed by atoms with Crippen LogP contribution in [0.3, 0.4) is 0 Å². The number of anilines is 1. The average molecular weight is 297 g/mol. The third-order valence-electron chi connectivity index (χ3n) is 3.94. The normalized spacial score (nSPS) is 17.3. The fourth-order valence-electron chi connectivity index (χ4n) is 2.51. The summed E-state index contributed by atoms with van der Waals surface area (Å²) in [4.78, 5) is 14.0. The molecule has 4 nitrogen and oxygen atoms in total. The summed E-state index contributed by atoms with van der Waals surface area (Å²) in [7, 11) is 0. The van der Waals surface area contributed by atoms with Gasteiger partial charge < -0.3 is 4.90 Å². The summed E-state index contributed by atoms with van der Waals surface area (Å²) in [6.45, 7) is 14.9. The zero-order valence-corrected chi connectivity index (χ0v) is 13.9. The van der Waals surface area contributed by atoms with E-state index in [1.54, 1.807) is 0 Å². The van der Waals surface area contributed by atoms with Crippen LogP contribution in [0.4, 0.5) is 5.82 Å². The lowest BCUT2D eigenvalue weighted by Gasteiger charge is -2.38. The van der Waals surface area contributed by atoms with Crippen LogP contribution >= 0.6 is 11.6 Å². The van der Waals surface area contributed by atoms with Crippen LogP contribution in [-0.4, -0.2) is 47.1 Å². The lowest BCUT2D eigenvalue weighted by atomic mass is 10.2. The van der Waals surface area contributed by atoms with Crippen LogP contribution in [0.25, 0.3) is 0 Å². The molecule has 0 N–H and O–H groups in total. The van der Waals surface area contributed by atoms with Crippen LogP contribution in [-0.2, 0) is 0 Å². The van der Waals surface area contributed by atoms with Gasteiger partial charge in [-0.15, -0.1) is 0 Å². The summed E-state index contributed by atoms with van der Waals surface area (Å²) in [6, 6.07) is 0.610. The van der Waals surface area contributed by atoms with E-state index in [4.69, 9.17) is 16.6 Å². The summed E-state index contributed by atoms with van der Waals surface area (Å²) >= 11 is 6.27. The smallest absolute Gasteiger partial charge is 0.137 e. The fraction of sp³-hybridized carbons (Fsp3) is 0.733. The maximum absolute atomic E-state index is 6.27. The Bertz CT molecular complexity index is 465. The van der Waals surface area contributed by atoms with Gasteiger partial charge in [0.25, 0.3) is 0 Å². The Labute approximate surface area is 127 Å². The first-order valence-electron chi connectivity index (χ1n) is 7.43. The molecule has 1 aliphatic heterocycles. The van der Waals surface area contributed by atoms with E-state index in [9.17, 15) is 0 Å². The van der Waals surface area contributed by atoms with Crippen LogP contribution in [0.15, 0.2) is 0 Å². The van der Waals surface area contributed by atoms with Crippen molar-refractivity contribution in [2.24, 2.45) is 0 Å². The minimum atomic E-state index is 0.295. The predicted molar refractivity (Wildman–Crippen MR) is 84.8 cm³/mol. The number of nitrogens with zero attached hydrogens (tertiary/aromatic N) is 4. The number of hydrogen-bond acceptors (Lipinski definition) is 4. The Morgan fingerprint density at radius 2 is 1.60 bits per heavy atom. The minimum Gasteiger partial charge on any atom is -0.354 e. The van der Waals surface area contributed by atoms with E-state index in [-0.39, 0.29) is 0 Å². The first kappa shape index (κ1) is 15.5. The average Bonchev–Trinajstić information content (AvgIpc) is 2.41. The summed E-state index contributed by atoms with van der Waals surface area (Å²) < 4.78 is 0. The van der Waals surface area contributed by atoms with Gasteiger partial charge >= 0.3 is 0 Å². The van der Waals surface area contributed by atoms with Crippen molar-refractivity contribution in [1.29, 1.82) is 0 Å². The largest absolute Gasteiger partial charge is 0.354 e. The van der Waals surface area contributed by atoms with Crippen LogP contribution < -0.4 is 4.90 Å². The van der Waals surface area contributed by atoms with E-state index in [0.717, 1.165) is 43.4 Å². The van der Waals surface area contributed by atoms with Gasteiger partial charge in [-0.3, -0.25) is 4.90 Å². The minimum absolute atomic E-state index is 0.295. The van der Waals surface area contributed by atoms with Gasteiger partial charge in [0, 0.05) is 43.7 Å². The van der Waals surface area contributed by atoms with E-state index in [1.807, 2.05) is 6.92 Å². The van der Waals surface area contributed by atoms with E-state index in [2.05, 4.69) is 42.5 Å². The molecule has 5 heteroatoms. The molecule has 0 amide bonds. The monoisotopic (exact) mass is 296 g/mol. The molecule has 0 atom stereocenters. The second kappa shape index (κ2) is 6.27. The molecule has 112 valence electrons. The molecule has 0 bridgehead atoms. The third-order valence-corrected chi connectivity index (χ3v) is 4.31. The number of hydrogen-bond donors (Lipinski definition) is 0. The number of aromatic nitrogens is 2. The molecule has 0 saturated carbocycles. The van der Waals surface area contributed by atoms with Crippen molar-refractivity contribution < 1.29 is 0 Å². The second-order valence-corrected chi connectivity index (χ2v) is 6.45. The van der Waals surface area contributed by atoms with Crippen LogP contribution in [0, 0.1) is 6.92 Å². The molecule has 20 heavy (non-hydrogen) atoms. The molecule has 2 heterocycles. The predicted octanol–water partition coefficient (Wildman–Crippen LogP) is 3.09. The molecular weight excluding hydrogens is 272 g/mol. The van der Waals surface area contributed by atoms with Crippen LogP contribution in [0.2, 0.25) is 5.15 Å². The van der Waals surface area contributed by atoms with Gasteiger partial charge in [0.05, 0.1) is 0 Å². The first-order valence-corrected chi connectivity index (χ1v) is 7.81. The lowest BCUT2D eigenvalue weighted by Crippen LogP contribution is -2.49. The van der Waals surface area contributed by atoms with Gasteiger partial charge in [0.15, 0.2) is 0 Å². The number of rotatable bonds is 3. The molecular formula is C15H25ClN4. The molecule has 0 aromatic carbocycles. The molecule has 0 spiro atoms. The van der Waals surface area contributed by atoms with Crippen molar-refractivity contribution in [3.8, 4) is 0 Å². The van der Waals surface area contributed by atoms with Crippen molar-refractivity contribution in [1.82, 2.24) is 14.9 Å². The van der Waals surface area contributed by atoms with Gasteiger partial charge in [-0.05, 0) is 20.8 Å². The molecule has 0 aliphatic carbocycles. The summed E-state index contributed by atoms with van der Waals surface area (Å²) in [6.07, 6.45) is 0. The van der Waals surface area contributed by atoms with E-state index in [0.29, 0.717) is 17.1 Å². The highest BCUT2D eigenvalue weighted by Crippen LogP contribution is 2.26. The van der Waals surface area contributed by atoms with E-state index >= 15 is 0 Å². The Morgan fingerprint density at radius 3 is 2.10 bits per heavy atom. The van der Waals surface area contributed by atoms with Gasteiger partial charge in [0.2, 0.25) is 0 Å². The number of piperazine rings is 1. The van der Waals surface area contributed by atoms with Crippen molar-refractivity contribution in [2.45, 2.75) is 46.6 Å². The molecule has 2 rings (SSSR count). The van der Waals surface area contributed by atoms with Crippen molar-refractivity contribution in [2.75, 3.05) is 31.1 Å². The molecule has 1 aliphatic rings. The van der Waals surface area contributed by atoms with Gasteiger partial charge in [-0.2, -0.15) is 0 Å². The van der Waals surface area contributed by atoms with Gasteiger partial charge in [0.1, 0.15) is 16.8 Å². The van der Waals surface area contributed by atoms with Crippen molar-refractivity contribution in [3.63, 3.8) is 0 Å². The van der Waals surface area contributed by atoms with Gasteiger partial charge in [-0.1, -0.05) is 25.4 Å². The van der Waals surface area contributed by atoms with Crippen LogP contribution in [0.1, 0.15) is 45.0 Å². The maximum atomic E-state index is 6.27. The topological polar surface area (TPSA) is 32.3 Å². The third kappa shape index (κ3) is 3.23. The highest BCUT2D eigenvalue weighted by Gasteiger charge is 2.23. The maximum Gasteiger partial charge on any atom is 0.137 e. The summed E-state index contributed by atoms with van der Waals surface area (Å²) in [5, 5.41) is 0.588. The second-order valence-electron chi connectivity index (χ2n) is 6.09. The Hall–Kier alpha value is -0.870. The summed E-state index contributed by atoms with van der Waals surface area (Å²) in [5.41, 5.74) is 0.995. The summed E-state index contributed by atoms with van der Waals surface area (Å²) in [5.74, 6) is 2.14. The molecule has 1 aromatic heterocycles. The zero-order valence-electron chi connectivity index (χ0n) is 13.1. The highest BCUT2D eigenvalue weighted by atomic mass is 35.5. The van der Waals surface area contributed by atoms with E-state index in [1.165, 1.54) is 0 Å². The Kier molecular flexibility index (Phi) is 4.86. The quantitative estimate of drug-likeness (QED) is 0.802. The Balaban J connectivity index is 2.21. The van der Waals surface area contributed by atoms with Crippen LogP contribution in [0.5, 0.6) is 0 Å². The molecule has 0 radical (unpaired) electrons. The SMILES string of the molecule is Cc1c(Cl)nc(C(C)C)nc1N1CCN(C(C)C)CC1. The molecule has 1 fully saturated rings. The number of halogens is 1. The fourth-order valence-corrected chi connectivity index (χ4v) is 2.68. The highest BCUT2D eigenvalue weighted by molar-refractivity contribution is 6.30. The van der Waals surface area contributed by atoms with Crippen molar-refractivity contribution in [3.05, 3.63) is 16.5 Å². The van der Waals surface area contributed by atoms with Crippen molar-refractivity contribution >= 4 is 17.4 Å². The Morgan fingerprint density at radius 1 is 1.00 bits per heavy atom. The molecule has 0 unspecified atom stereocenters.